The smallest absolute Gasteiger partial charge is 0.189 e. The third-order valence-electron chi connectivity index (χ3n) is 2.96. The van der Waals surface area contributed by atoms with E-state index in [1.807, 2.05) is 12.1 Å². The Morgan fingerprint density at radius 2 is 2.00 bits per heavy atom. The standard InChI is InChI=1S/C15H12ClFO2S/c16-12-5-10-7-18-9-19-15(10)11(6-12)8-20-14-3-1-13(17)2-4-14/h1-6H,7-9H2. The van der Waals surface area contributed by atoms with E-state index in [4.69, 9.17) is 21.1 Å². The van der Waals surface area contributed by atoms with Gasteiger partial charge >= 0.3 is 0 Å². The first-order valence-corrected chi connectivity index (χ1v) is 7.49. The molecule has 0 saturated heterocycles. The van der Waals surface area contributed by atoms with Crippen molar-refractivity contribution in [2.24, 2.45) is 0 Å². The van der Waals surface area contributed by atoms with Crippen LogP contribution < -0.4 is 4.74 Å². The number of hydrogen-bond donors (Lipinski definition) is 0. The van der Waals surface area contributed by atoms with Crippen molar-refractivity contribution in [3.63, 3.8) is 0 Å². The summed E-state index contributed by atoms with van der Waals surface area (Å²) in [5, 5.41) is 0.674. The predicted molar refractivity (Wildman–Crippen MR) is 77.7 cm³/mol. The molecule has 0 unspecified atom stereocenters. The van der Waals surface area contributed by atoms with Crippen molar-refractivity contribution >= 4 is 23.4 Å². The molecule has 1 aliphatic rings. The van der Waals surface area contributed by atoms with Gasteiger partial charge in [0.25, 0.3) is 0 Å². The van der Waals surface area contributed by atoms with E-state index in [0.717, 1.165) is 21.8 Å². The summed E-state index contributed by atoms with van der Waals surface area (Å²) in [5.74, 6) is 1.35. The summed E-state index contributed by atoms with van der Waals surface area (Å²) in [5.41, 5.74) is 2.00. The molecule has 2 nitrogen and oxygen atoms in total. The van der Waals surface area contributed by atoms with E-state index in [1.54, 1.807) is 23.9 Å². The Hall–Kier alpha value is -1.23. The van der Waals surface area contributed by atoms with E-state index >= 15 is 0 Å². The van der Waals surface area contributed by atoms with Gasteiger partial charge in [0, 0.05) is 26.8 Å². The molecule has 1 heterocycles. The van der Waals surface area contributed by atoms with Gasteiger partial charge in [0.15, 0.2) is 6.79 Å². The van der Waals surface area contributed by atoms with Crippen LogP contribution in [0.15, 0.2) is 41.3 Å². The summed E-state index contributed by atoms with van der Waals surface area (Å²) in [6.07, 6.45) is 0. The van der Waals surface area contributed by atoms with Gasteiger partial charge in [0.1, 0.15) is 11.6 Å². The predicted octanol–water partition coefficient (Wildman–Crippen LogP) is 4.64. The van der Waals surface area contributed by atoms with Gasteiger partial charge < -0.3 is 9.47 Å². The highest BCUT2D eigenvalue weighted by molar-refractivity contribution is 7.98. The van der Waals surface area contributed by atoms with E-state index in [2.05, 4.69) is 0 Å². The lowest BCUT2D eigenvalue weighted by Gasteiger charge is -2.21. The van der Waals surface area contributed by atoms with Crippen LogP contribution in [0.4, 0.5) is 4.39 Å². The number of halogens is 2. The zero-order chi connectivity index (χ0) is 13.9. The molecule has 0 atom stereocenters. The number of ether oxygens (including phenoxy) is 2. The molecule has 0 radical (unpaired) electrons. The van der Waals surface area contributed by atoms with E-state index < -0.39 is 0 Å². The molecule has 104 valence electrons. The molecule has 0 saturated carbocycles. The van der Waals surface area contributed by atoms with Crippen LogP contribution in [0.1, 0.15) is 11.1 Å². The lowest BCUT2D eigenvalue weighted by molar-refractivity contribution is -0.0168. The van der Waals surface area contributed by atoms with Crippen molar-refractivity contribution in [3.05, 3.63) is 58.4 Å². The molecule has 0 fully saturated rings. The number of rotatable bonds is 3. The fourth-order valence-corrected chi connectivity index (χ4v) is 3.18. The van der Waals surface area contributed by atoms with Gasteiger partial charge in [0.05, 0.1) is 6.61 Å². The van der Waals surface area contributed by atoms with Crippen molar-refractivity contribution < 1.29 is 13.9 Å². The van der Waals surface area contributed by atoms with Crippen molar-refractivity contribution in [2.75, 3.05) is 6.79 Å². The maximum Gasteiger partial charge on any atom is 0.189 e. The van der Waals surface area contributed by atoms with Crippen molar-refractivity contribution in [2.45, 2.75) is 17.3 Å². The Labute approximate surface area is 125 Å². The van der Waals surface area contributed by atoms with Gasteiger partial charge in [0.2, 0.25) is 0 Å². The molecular weight excluding hydrogens is 299 g/mol. The molecule has 1 aliphatic heterocycles. The van der Waals surface area contributed by atoms with Crippen LogP contribution in [-0.2, 0) is 17.1 Å². The third kappa shape index (κ3) is 3.08. The molecule has 0 amide bonds. The Balaban J connectivity index is 1.80. The first-order chi connectivity index (χ1) is 9.72. The highest BCUT2D eigenvalue weighted by Crippen LogP contribution is 2.35. The van der Waals surface area contributed by atoms with Gasteiger partial charge in [-0.25, -0.2) is 4.39 Å². The van der Waals surface area contributed by atoms with Crippen LogP contribution in [0, 0.1) is 5.82 Å². The fraction of sp³-hybridized carbons (Fsp3) is 0.200. The summed E-state index contributed by atoms with van der Waals surface area (Å²) in [7, 11) is 0. The van der Waals surface area contributed by atoms with Gasteiger partial charge in [-0.3, -0.25) is 0 Å². The molecule has 0 aliphatic carbocycles. The van der Waals surface area contributed by atoms with Crippen LogP contribution in [0.25, 0.3) is 0 Å². The average molecular weight is 311 g/mol. The second kappa shape index (κ2) is 6.04. The van der Waals surface area contributed by atoms with Gasteiger partial charge in [-0.1, -0.05) is 11.6 Å². The summed E-state index contributed by atoms with van der Waals surface area (Å²) < 4.78 is 23.7. The zero-order valence-electron chi connectivity index (χ0n) is 10.6. The van der Waals surface area contributed by atoms with Crippen LogP contribution in [0.2, 0.25) is 5.02 Å². The van der Waals surface area contributed by atoms with E-state index in [0.29, 0.717) is 17.4 Å². The van der Waals surface area contributed by atoms with E-state index in [-0.39, 0.29) is 12.6 Å². The minimum Gasteiger partial charge on any atom is -0.467 e. The monoisotopic (exact) mass is 310 g/mol. The van der Waals surface area contributed by atoms with Crippen LogP contribution in [0.3, 0.4) is 0 Å². The number of benzene rings is 2. The maximum absolute atomic E-state index is 12.9. The van der Waals surface area contributed by atoms with Gasteiger partial charge in [-0.2, -0.15) is 0 Å². The second-order valence-electron chi connectivity index (χ2n) is 4.41. The van der Waals surface area contributed by atoms with Crippen LogP contribution >= 0.6 is 23.4 Å². The molecule has 0 bridgehead atoms. The van der Waals surface area contributed by atoms with Crippen molar-refractivity contribution in [1.82, 2.24) is 0 Å². The zero-order valence-corrected chi connectivity index (χ0v) is 12.1. The number of hydrogen-bond acceptors (Lipinski definition) is 3. The summed E-state index contributed by atoms with van der Waals surface area (Å²) in [6, 6.07) is 10.2. The quantitative estimate of drug-likeness (QED) is 0.770. The summed E-state index contributed by atoms with van der Waals surface area (Å²) >= 11 is 7.73. The Morgan fingerprint density at radius 1 is 1.20 bits per heavy atom. The average Bonchev–Trinajstić information content (AvgIpc) is 2.46. The minimum absolute atomic E-state index is 0.227. The van der Waals surface area contributed by atoms with E-state index in [1.165, 1.54) is 12.1 Å². The molecule has 5 heteroatoms. The Bertz CT molecular complexity index is 616. The molecule has 3 rings (SSSR count). The Kier molecular flexibility index (Phi) is 4.15. The molecule has 0 aromatic heterocycles. The second-order valence-corrected chi connectivity index (χ2v) is 5.89. The van der Waals surface area contributed by atoms with Gasteiger partial charge in [-0.15, -0.1) is 11.8 Å². The van der Waals surface area contributed by atoms with Crippen molar-refractivity contribution in [1.29, 1.82) is 0 Å². The summed E-state index contributed by atoms with van der Waals surface area (Å²) in [6.45, 7) is 0.785. The topological polar surface area (TPSA) is 18.5 Å². The molecule has 2 aromatic rings. The lowest BCUT2D eigenvalue weighted by atomic mass is 10.1. The van der Waals surface area contributed by atoms with Crippen molar-refractivity contribution in [3.8, 4) is 5.75 Å². The normalized spacial score (nSPS) is 13.7. The maximum atomic E-state index is 12.9. The Morgan fingerprint density at radius 3 is 2.80 bits per heavy atom. The van der Waals surface area contributed by atoms with Crippen LogP contribution in [0.5, 0.6) is 5.75 Å². The molecule has 0 N–H and O–H groups in total. The molecule has 20 heavy (non-hydrogen) atoms. The van der Waals surface area contributed by atoms with Crippen LogP contribution in [-0.4, -0.2) is 6.79 Å². The fourth-order valence-electron chi connectivity index (χ4n) is 2.06. The lowest BCUT2D eigenvalue weighted by Crippen LogP contribution is -2.12. The third-order valence-corrected chi connectivity index (χ3v) is 4.24. The minimum atomic E-state index is -0.227. The van der Waals surface area contributed by atoms with Gasteiger partial charge in [-0.05, 0) is 36.4 Å². The van der Waals surface area contributed by atoms with E-state index in [9.17, 15) is 4.39 Å². The largest absolute Gasteiger partial charge is 0.467 e. The number of fused-ring (bicyclic) bond motifs is 1. The number of thioether (sulfide) groups is 1. The summed E-state index contributed by atoms with van der Waals surface area (Å²) in [4.78, 5) is 1.01. The molecular formula is C15H12ClFO2S. The molecule has 0 spiro atoms. The first kappa shape index (κ1) is 13.7. The highest BCUT2D eigenvalue weighted by atomic mass is 35.5. The first-order valence-electron chi connectivity index (χ1n) is 6.12. The SMILES string of the molecule is Fc1ccc(SCc2cc(Cl)cc3c2OCOC3)cc1. The molecule has 2 aromatic carbocycles. The highest BCUT2D eigenvalue weighted by Gasteiger charge is 2.16.